The third kappa shape index (κ3) is 5.56. The summed E-state index contributed by atoms with van der Waals surface area (Å²) in [6.07, 6.45) is 5.36. The number of phenolic OH excluding ortho intramolecular Hbond substituents is 1. The molecule has 4 aromatic rings. The third-order valence-corrected chi connectivity index (χ3v) is 12.9. The maximum Gasteiger partial charge on any atom is 0.258 e. The third-order valence-electron chi connectivity index (χ3n) is 11.2. The number of ether oxygens (including phenoxy) is 2. The minimum atomic E-state index is -2.21. The van der Waals surface area contributed by atoms with Gasteiger partial charge in [-0.15, -0.1) is 23.2 Å². The fraction of sp³-hybridized carbons (Fsp3) is 0.238. The van der Waals surface area contributed by atoms with E-state index in [-0.39, 0.29) is 34.9 Å². The number of carbonyl (C=O) groups excluding carboxylic acids is 4. The van der Waals surface area contributed by atoms with Gasteiger partial charge >= 0.3 is 0 Å². The lowest BCUT2D eigenvalue weighted by Gasteiger charge is -2.50. The summed E-state index contributed by atoms with van der Waals surface area (Å²) in [5.41, 5.74) is 2.62. The van der Waals surface area contributed by atoms with E-state index in [2.05, 4.69) is 0 Å². The second-order valence-electron chi connectivity index (χ2n) is 14.0. The van der Waals surface area contributed by atoms with Crippen LogP contribution in [0.5, 0.6) is 17.2 Å². The molecule has 4 amide bonds. The summed E-state index contributed by atoms with van der Waals surface area (Å²) < 4.78 is 24.7. The number of rotatable bonds is 7. The van der Waals surface area contributed by atoms with E-state index in [9.17, 15) is 28.7 Å². The Hall–Kier alpha value is -5.16. The highest BCUT2D eigenvalue weighted by Crippen LogP contribution is 2.66. The molecule has 13 heteroatoms. The zero-order valence-electron chi connectivity index (χ0n) is 29.3. The molecule has 280 valence electrons. The van der Waals surface area contributed by atoms with E-state index in [0.29, 0.717) is 22.8 Å². The van der Waals surface area contributed by atoms with Crippen LogP contribution in [0.25, 0.3) is 12.2 Å². The van der Waals surface area contributed by atoms with Gasteiger partial charge in [0.25, 0.3) is 11.8 Å². The molecule has 0 unspecified atom stereocenters. The number of hydrogen-bond donors (Lipinski definition) is 1. The lowest BCUT2D eigenvalue weighted by molar-refractivity contribution is -0.125. The van der Waals surface area contributed by atoms with Crippen molar-refractivity contribution in [3.05, 3.63) is 124 Å². The average Bonchev–Trinajstić information content (AvgIpc) is 3.52. The molecular weight excluding hydrogens is 770 g/mol. The molecule has 0 bridgehead atoms. The average molecular weight is 802 g/mol. The SMILES string of the molecule is COc1ccc(OC)c(C=Cc2ccc(N3C(=O)[C@H]4[C@H](CC=C5[C@H]4C[C@@]4(Cl)C(=O)N(c6ccc(F)cc6)C(=O)[C@@]4(Cl)[C@H]5c4cc(Cl)ccc4O)C3=O)cc2)c1. The molecule has 2 aliphatic heterocycles. The van der Waals surface area contributed by atoms with Crippen LogP contribution in [-0.2, 0) is 19.2 Å². The normalized spacial score (nSPS) is 27.3. The van der Waals surface area contributed by atoms with E-state index in [1.54, 1.807) is 56.7 Å². The van der Waals surface area contributed by atoms with Crippen LogP contribution in [0.3, 0.4) is 0 Å². The summed E-state index contributed by atoms with van der Waals surface area (Å²) in [6.45, 7) is 0. The monoisotopic (exact) mass is 800 g/mol. The van der Waals surface area contributed by atoms with Gasteiger partial charge in [-0.3, -0.25) is 24.1 Å². The van der Waals surface area contributed by atoms with Crippen LogP contribution in [0.4, 0.5) is 15.8 Å². The predicted octanol–water partition coefficient (Wildman–Crippen LogP) is 8.14. The maximum atomic E-state index is 14.5. The first-order valence-electron chi connectivity index (χ1n) is 17.4. The fourth-order valence-corrected chi connectivity index (χ4v) is 9.75. The van der Waals surface area contributed by atoms with Crippen LogP contribution in [0.1, 0.15) is 35.4 Å². The Morgan fingerprint density at radius 2 is 1.49 bits per heavy atom. The molecule has 0 spiro atoms. The molecule has 0 aromatic heterocycles. The van der Waals surface area contributed by atoms with Crippen LogP contribution in [0, 0.1) is 23.6 Å². The van der Waals surface area contributed by atoms with Crippen molar-refractivity contribution in [1.29, 1.82) is 0 Å². The van der Waals surface area contributed by atoms with Gasteiger partial charge in [0, 0.05) is 22.1 Å². The molecule has 0 radical (unpaired) electrons. The van der Waals surface area contributed by atoms with Gasteiger partial charge in [-0.05, 0) is 97.1 Å². The van der Waals surface area contributed by atoms with Gasteiger partial charge in [0.15, 0.2) is 9.75 Å². The summed E-state index contributed by atoms with van der Waals surface area (Å²) in [7, 11) is 3.16. The Morgan fingerprint density at radius 1 is 0.800 bits per heavy atom. The smallest absolute Gasteiger partial charge is 0.258 e. The number of amides is 4. The highest BCUT2D eigenvalue weighted by molar-refractivity contribution is 6.58. The molecule has 2 heterocycles. The van der Waals surface area contributed by atoms with Crippen molar-refractivity contribution in [2.45, 2.75) is 28.5 Å². The minimum absolute atomic E-state index is 0.0500. The number of phenols is 1. The first-order chi connectivity index (χ1) is 26.3. The van der Waals surface area contributed by atoms with Crippen LogP contribution in [0.15, 0.2) is 96.6 Å². The molecule has 9 nitrogen and oxygen atoms in total. The zero-order valence-corrected chi connectivity index (χ0v) is 31.6. The van der Waals surface area contributed by atoms with Crippen LogP contribution < -0.4 is 19.3 Å². The Labute approximate surface area is 330 Å². The maximum absolute atomic E-state index is 14.5. The first-order valence-corrected chi connectivity index (χ1v) is 18.5. The van der Waals surface area contributed by atoms with E-state index in [4.69, 9.17) is 44.3 Å². The molecule has 55 heavy (non-hydrogen) atoms. The van der Waals surface area contributed by atoms with Crippen molar-refractivity contribution in [2.24, 2.45) is 17.8 Å². The molecule has 6 atom stereocenters. The van der Waals surface area contributed by atoms with Crippen molar-refractivity contribution in [2.75, 3.05) is 24.0 Å². The highest BCUT2D eigenvalue weighted by Gasteiger charge is 2.77. The number of carbonyl (C=O) groups is 4. The van der Waals surface area contributed by atoms with Crippen LogP contribution in [-0.4, -0.2) is 52.7 Å². The minimum Gasteiger partial charge on any atom is -0.508 e. The zero-order chi connectivity index (χ0) is 39.0. The largest absolute Gasteiger partial charge is 0.508 e. The number of allylic oxidation sites excluding steroid dienone is 2. The number of aromatic hydroxyl groups is 1. The predicted molar refractivity (Wildman–Crippen MR) is 207 cm³/mol. The van der Waals surface area contributed by atoms with E-state index in [1.165, 1.54) is 30.3 Å². The number of anilines is 2. The summed E-state index contributed by atoms with van der Waals surface area (Å²) in [5.74, 6) is -5.98. The molecule has 1 N–H and O–H groups in total. The van der Waals surface area contributed by atoms with Gasteiger partial charge in [0.1, 0.15) is 23.1 Å². The number of fused-ring (bicyclic) bond motifs is 4. The number of benzene rings is 4. The Kier molecular flexibility index (Phi) is 9.06. The lowest BCUT2D eigenvalue weighted by Crippen LogP contribution is -2.60. The molecular formula is C42H32Cl3FN2O7. The standard InChI is InChI=1S/C42H32Cl3FN2O7/c1-54-28-14-18-34(55-2)23(19-28)6-3-22-4-10-26(11-5-22)47-37(50)30-16-15-29-32(35(30)38(47)51)21-41(44)39(52)48(27-12-8-25(46)9-13-27)40(53)42(41,45)36(29)31-20-24(43)7-17-33(31)49/h3-15,17-20,30,32,35-36,49H,16,21H2,1-2H3/t30-,32+,35-,36+,41+,42-/m0/s1. The molecule has 4 aromatic carbocycles. The van der Waals surface area contributed by atoms with Gasteiger partial charge in [-0.25, -0.2) is 9.29 Å². The molecule has 4 aliphatic rings. The van der Waals surface area contributed by atoms with Gasteiger partial charge in [-0.2, -0.15) is 0 Å². The number of methoxy groups -OCH3 is 2. The van der Waals surface area contributed by atoms with Crippen molar-refractivity contribution in [1.82, 2.24) is 0 Å². The molecule has 8 rings (SSSR count). The van der Waals surface area contributed by atoms with E-state index >= 15 is 0 Å². The van der Waals surface area contributed by atoms with Crippen molar-refractivity contribution < 1.29 is 38.1 Å². The van der Waals surface area contributed by atoms with Crippen LogP contribution in [0.2, 0.25) is 5.02 Å². The number of hydrogen-bond acceptors (Lipinski definition) is 7. The number of nitrogens with zero attached hydrogens (tertiary/aromatic N) is 2. The quantitative estimate of drug-likeness (QED) is 0.0869. The number of imide groups is 2. The second-order valence-corrected chi connectivity index (χ2v) is 15.7. The Balaban J connectivity index is 1.16. The summed E-state index contributed by atoms with van der Waals surface area (Å²) in [5, 5.41) is 11.4. The Morgan fingerprint density at radius 3 is 2.18 bits per heavy atom. The van der Waals surface area contributed by atoms with Crippen molar-refractivity contribution in [3.8, 4) is 17.2 Å². The van der Waals surface area contributed by atoms with Gasteiger partial charge in [0.05, 0.1) is 37.4 Å². The van der Waals surface area contributed by atoms with Crippen molar-refractivity contribution in [3.63, 3.8) is 0 Å². The van der Waals surface area contributed by atoms with Gasteiger partial charge in [-0.1, -0.05) is 47.5 Å². The first kappa shape index (κ1) is 36.8. The van der Waals surface area contributed by atoms with Crippen LogP contribution >= 0.6 is 34.8 Å². The number of halogens is 4. The molecule has 2 saturated heterocycles. The van der Waals surface area contributed by atoms with E-state index < -0.39 is 62.9 Å². The molecule has 2 aliphatic carbocycles. The molecule has 1 saturated carbocycles. The van der Waals surface area contributed by atoms with Gasteiger partial charge in [0.2, 0.25) is 11.8 Å². The summed E-state index contributed by atoms with van der Waals surface area (Å²) in [4.78, 5) is 55.2. The number of alkyl halides is 2. The fourth-order valence-electron chi connectivity index (χ4n) is 8.65. The van der Waals surface area contributed by atoms with Gasteiger partial charge < -0.3 is 14.6 Å². The Bertz CT molecular complexity index is 2350. The summed E-state index contributed by atoms with van der Waals surface area (Å²) in [6, 6.07) is 21.4. The van der Waals surface area contributed by atoms with E-state index in [1.807, 2.05) is 18.2 Å². The van der Waals surface area contributed by atoms with E-state index in [0.717, 1.165) is 33.1 Å². The highest BCUT2D eigenvalue weighted by atomic mass is 35.5. The molecule has 3 fully saturated rings. The van der Waals surface area contributed by atoms with Crippen molar-refractivity contribution >= 4 is 82.0 Å². The lowest BCUT2D eigenvalue weighted by atomic mass is 9.56. The topological polar surface area (TPSA) is 113 Å². The summed E-state index contributed by atoms with van der Waals surface area (Å²) >= 11 is 21.2. The second kappa shape index (κ2) is 13.5.